The fraction of sp³-hybridized carbons (Fsp3) is 0.600. The third kappa shape index (κ3) is 3.22. The van der Waals surface area contributed by atoms with Gasteiger partial charge in [-0.15, -0.1) is 0 Å². The molecule has 1 aromatic carbocycles. The van der Waals surface area contributed by atoms with Crippen LogP contribution in [0.2, 0.25) is 0 Å². The van der Waals surface area contributed by atoms with Crippen LogP contribution < -0.4 is 4.90 Å². The molecule has 0 aliphatic carbocycles. The molecule has 1 aliphatic rings. The number of hydrogen-bond donors (Lipinski definition) is 0. The first-order valence-corrected chi connectivity index (χ1v) is 6.81. The zero-order valence-corrected chi connectivity index (χ0v) is 11.6. The zero-order valence-electron chi connectivity index (χ0n) is 11.6. The third-order valence-electron chi connectivity index (χ3n) is 3.56. The molecule has 100 valence electrons. The molecule has 0 amide bonds. The Morgan fingerprint density at radius 2 is 1.89 bits per heavy atom. The first kappa shape index (κ1) is 13.3. The van der Waals surface area contributed by atoms with E-state index in [-0.39, 0.29) is 5.82 Å². The molecule has 2 nitrogen and oxygen atoms in total. The molecular formula is C15H23FN2. The summed E-state index contributed by atoms with van der Waals surface area (Å²) in [5.41, 5.74) is 1.13. The Bertz CT molecular complexity index is 375. The maximum atomic E-state index is 12.9. The lowest BCUT2D eigenvalue weighted by Crippen LogP contribution is -2.52. The normalized spacial score (nSPS) is 21.6. The quantitative estimate of drug-likeness (QED) is 0.813. The molecule has 0 N–H and O–H groups in total. The van der Waals surface area contributed by atoms with Gasteiger partial charge in [-0.1, -0.05) is 13.8 Å². The topological polar surface area (TPSA) is 6.48 Å². The van der Waals surface area contributed by atoms with Gasteiger partial charge in [0.25, 0.3) is 0 Å². The van der Waals surface area contributed by atoms with Gasteiger partial charge in [0.1, 0.15) is 5.82 Å². The second kappa shape index (κ2) is 5.70. The van der Waals surface area contributed by atoms with Crippen molar-refractivity contribution in [3.8, 4) is 0 Å². The third-order valence-corrected chi connectivity index (χ3v) is 3.56. The number of anilines is 1. The summed E-state index contributed by atoms with van der Waals surface area (Å²) in [6, 6.07) is 7.40. The van der Waals surface area contributed by atoms with Crippen LogP contribution in [0, 0.1) is 11.7 Å². The second-order valence-electron chi connectivity index (χ2n) is 5.66. The lowest BCUT2D eigenvalue weighted by Gasteiger charge is -2.41. The van der Waals surface area contributed by atoms with Crippen molar-refractivity contribution in [2.45, 2.75) is 26.8 Å². The van der Waals surface area contributed by atoms with E-state index >= 15 is 0 Å². The minimum absolute atomic E-state index is 0.162. The first-order chi connectivity index (χ1) is 8.56. The first-order valence-electron chi connectivity index (χ1n) is 6.81. The van der Waals surface area contributed by atoms with E-state index in [4.69, 9.17) is 0 Å². The van der Waals surface area contributed by atoms with Gasteiger partial charge in [0.05, 0.1) is 0 Å². The monoisotopic (exact) mass is 250 g/mol. The van der Waals surface area contributed by atoms with E-state index in [1.54, 1.807) is 12.1 Å². The Balaban J connectivity index is 1.97. The van der Waals surface area contributed by atoms with Gasteiger partial charge < -0.3 is 4.90 Å². The van der Waals surface area contributed by atoms with Crippen molar-refractivity contribution in [1.82, 2.24) is 4.90 Å². The average Bonchev–Trinajstić information content (AvgIpc) is 2.32. The molecule has 3 heteroatoms. The van der Waals surface area contributed by atoms with E-state index in [9.17, 15) is 4.39 Å². The van der Waals surface area contributed by atoms with Crippen molar-refractivity contribution in [1.29, 1.82) is 0 Å². The number of rotatable bonds is 3. The molecule has 1 heterocycles. The zero-order chi connectivity index (χ0) is 13.1. The summed E-state index contributed by atoms with van der Waals surface area (Å²) in [5, 5.41) is 0. The van der Waals surface area contributed by atoms with Crippen molar-refractivity contribution >= 4 is 5.69 Å². The maximum absolute atomic E-state index is 12.9. The smallest absolute Gasteiger partial charge is 0.123 e. The Kier molecular flexibility index (Phi) is 4.23. The van der Waals surface area contributed by atoms with Crippen molar-refractivity contribution < 1.29 is 4.39 Å². The molecule has 1 aromatic rings. The van der Waals surface area contributed by atoms with Gasteiger partial charge in [0.2, 0.25) is 0 Å². The van der Waals surface area contributed by atoms with Gasteiger partial charge in [-0.25, -0.2) is 4.39 Å². The van der Waals surface area contributed by atoms with E-state index in [1.807, 2.05) is 12.1 Å². The number of hydrogen-bond acceptors (Lipinski definition) is 2. The molecule has 1 fully saturated rings. The predicted molar refractivity (Wildman–Crippen MR) is 74.5 cm³/mol. The molecule has 0 radical (unpaired) electrons. The van der Waals surface area contributed by atoms with E-state index in [1.165, 1.54) is 6.54 Å². The molecule has 18 heavy (non-hydrogen) atoms. The summed E-state index contributed by atoms with van der Waals surface area (Å²) in [5.74, 6) is 0.551. The highest BCUT2D eigenvalue weighted by Crippen LogP contribution is 2.20. The summed E-state index contributed by atoms with van der Waals surface area (Å²) in [7, 11) is 0. The summed E-state index contributed by atoms with van der Waals surface area (Å²) >= 11 is 0. The minimum atomic E-state index is -0.162. The van der Waals surface area contributed by atoms with Gasteiger partial charge in [-0.05, 0) is 37.1 Å². The average molecular weight is 250 g/mol. The maximum Gasteiger partial charge on any atom is 0.123 e. The highest BCUT2D eigenvalue weighted by atomic mass is 19.1. The Hall–Kier alpha value is -1.09. The summed E-state index contributed by atoms with van der Waals surface area (Å²) < 4.78 is 12.9. The highest BCUT2D eigenvalue weighted by molar-refractivity contribution is 5.46. The molecule has 2 rings (SSSR count). The fourth-order valence-corrected chi connectivity index (χ4v) is 2.62. The van der Waals surface area contributed by atoms with Crippen molar-refractivity contribution in [2.24, 2.45) is 5.92 Å². The van der Waals surface area contributed by atoms with Crippen molar-refractivity contribution in [3.63, 3.8) is 0 Å². The molecule has 0 aromatic heterocycles. The van der Waals surface area contributed by atoms with Crippen molar-refractivity contribution in [3.05, 3.63) is 30.1 Å². The lowest BCUT2D eigenvalue weighted by atomic mass is 10.1. The largest absolute Gasteiger partial charge is 0.369 e. The predicted octanol–water partition coefficient (Wildman–Crippen LogP) is 2.99. The van der Waals surface area contributed by atoms with Crippen LogP contribution in [0.5, 0.6) is 0 Å². The summed E-state index contributed by atoms with van der Waals surface area (Å²) in [4.78, 5) is 4.89. The van der Waals surface area contributed by atoms with Crippen LogP contribution in [0.1, 0.15) is 20.8 Å². The molecule has 0 saturated carbocycles. The molecule has 0 spiro atoms. The molecule has 0 bridgehead atoms. The SMILES string of the molecule is CC(C)CN1CCN(c2ccc(F)cc2)C[C@H]1C. The number of benzene rings is 1. The number of piperazine rings is 1. The summed E-state index contributed by atoms with van der Waals surface area (Å²) in [6.45, 7) is 11.1. The molecule has 1 aliphatic heterocycles. The molecule has 1 saturated heterocycles. The number of nitrogens with zero attached hydrogens (tertiary/aromatic N) is 2. The Morgan fingerprint density at radius 1 is 1.22 bits per heavy atom. The van der Waals surface area contributed by atoms with Gasteiger partial charge in [0, 0.05) is 37.9 Å². The minimum Gasteiger partial charge on any atom is -0.369 e. The Morgan fingerprint density at radius 3 is 2.44 bits per heavy atom. The lowest BCUT2D eigenvalue weighted by molar-refractivity contribution is 0.169. The van der Waals surface area contributed by atoms with Crippen LogP contribution >= 0.6 is 0 Å². The van der Waals surface area contributed by atoms with Crippen LogP contribution in [0.3, 0.4) is 0 Å². The van der Waals surface area contributed by atoms with Gasteiger partial charge in [0.15, 0.2) is 0 Å². The van der Waals surface area contributed by atoms with Gasteiger partial charge >= 0.3 is 0 Å². The Labute approximate surface area is 109 Å². The van der Waals surface area contributed by atoms with E-state index < -0.39 is 0 Å². The van der Waals surface area contributed by atoms with Crippen LogP contribution in [-0.4, -0.2) is 37.1 Å². The van der Waals surface area contributed by atoms with E-state index in [0.717, 1.165) is 25.3 Å². The van der Waals surface area contributed by atoms with Crippen LogP contribution in [0.15, 0.2) is 24.3 Å². The summed E-state index contributed by atoms with van der Waals surface area (Å²) in [6.07, 6.45) is 0. The van der Waals surface area contributed by atoms with Crippen molar-refractivity contribution in [2.75, 3.05) is 31.1 Å². The highest BCUT2D eigenvalue weighted by Gasteiger charge is 2.23. The number of halogens is 1. The van der Waals surface area contributed by atoms with Gasteiger partial charge in [-0.3, -0.25) is 4.90 Å². The second-order valence-corrected chi connectivity index (χ2v) is 5.66. The van der Waals surface area contributed by atoms with E-state index in [0.29, 0.717) is 12.0 Å². The molecule has 0 unspecified atom stereocenters. The van der Waals surface area contributed by atoms with Gasteiger partial charge in [-0.2, -0.15) is 0 Å². The fourth-order valence-electron chi connectivity index (χ4n) is 2.62. The van der Waals surface area contributed by atoms with E-state index in [2.05, 4.69) is 30.6 Å². The molecule has 1 atom stereocenters. The van der Waals surface area contributed by atoms with Crippen LogP contribution in [0.4, 0.5) is 10.1 Å². The van der Waals surface area contributed by atoms with Crippen LogP contribution in [-0.2, 0) is 0 Å². The van der Waals surface area contributed by atoms with Crippen LogP contribution in [0.25, 0.3) is 0 Å². The molecular weight excluding hydrogens is 227 g/mol. The standard InChI is InChI=1S/C15H23FN2/c1-12(2)10-17-8-9-18(11-13(17)3)15-6-4-14(16)5-7-15/h4-7,12-13H,8-11H2,1-3H3/t13-/m1/s1.